The van der Waals surface area contributed by atoms with Crippen molar-refractivity contribution in [3.05, 3.63) is 112 Å². The molecule has 0 bridgehead atoms. The van der Waals surface area contributed by atoms with Crippen molar-refractivity contribution in [3.8, 4) is 16.9 Å². The van der Waals surface area contributed by atoms with Crippen LogP contribution in [0.25, 0.3) is 33.2 Å². The second-order valence-corrected chi connectivity index (χ2v) is 11.8. The van der Waals surface area contributed by atoms with Gasteiger partial charge in [0.25, 0.3) is 5.56 Å². The standard InChI is InChI=1S/C33H25F3N4O3/c1-16-3-5-17(6-4-16)20-14-21-24(11-12-37-29(21)40-31(20)41)42-19-8-10-25-32(2,15-19)27-26(28(27)43-25)30-38-22-9-7-18(33(34,35)36)13-23(22)39-30/h3-14,26-28H,15H2,1-2H3,(H,38,39)(H,37,40,41)/t26-,27-,28+,32?/m0/s1. The Balaban J connectivity index is 1.07. The molecular weight excluding hydrogens is 557 g/mol. The molecule has 1 unspecified atom stereocenters. The van der Waals surface area contributed by atoms with Crippen molar-refractivity contribution in [2.45, 2.75) is 38.5 Å². The Morgan fingerprint density at radius 3 is 2.65 bits per heavy atom. The minimum absolute atomic E-state index is 0.0628. The number of aryl methyl sites for hydroxylation is 1. The Morgan fingerprint density at radius 2 is 1.86 bits per heavy atom. The fourth-order valence-corrected chi connectivity index (χ4v) is 6.67. The van der Waals surface area contributed by atoms with E-state index in [1.165, 1.54) is 6.07 Å². The molecule has 2 N–H and O–H groups in total. The molecule has 216 valence electrons. The number of aromatic amines is 2. The molecule has 1 saturated heterocycles. The number of H-pyrrole nitrogens is 2. The minimum Gasteiger partial charge on any atom is -0.493 e. The summed E-state index contributed by atoms with van der Waals surface area (Å²) in [4.78, 5) is 27.8. The van der Waals surface area contributed by atoms with Crippen molar-refractivity contribution >= 4 is 22.1 Å². The van der Waals surface area contributed by atoms with Crippen LogP contribution in [0.1, 0.15) is 36.2 Å². The Morgan fingerprint density at radius 1 is 1.05 bits per heavy atom. The normalized spacial score (nSPS) is 24.3. The van der Waals surface area contributed by atoms with Crippen molar-refractivity contribution < 1.29 is 22.6 Å². The molecular formula is C33H25F3N4O3. The predicted octanol–water partition coefficient (Wildman–Crippen LogP) is 7.16. The Bertz CT molecular complexity index is 2080. The van der Waals surface area contributed by atoms with E-state index < -0.39 is 11.7 Å². The van der Waals surface area contributed by atoms with Gasteiger partial charge in [-0.1, -0.05) is 36.8 Å². The maximum Gasteiger partial charge on any atom is 0.416 e. The maximum absolute atomic E-state index is 13.2. The van der Waals surface area contributed by atoms with Crippen molar-refractivity contribution in [2.24, 2.45) is 11.3 Å². The maximum atomic E-state index is 13.2. The first kappa shape index (κ1) is 25.8. The average molecular weight is 583 g/mol. The van der Waals surface area contributed by atoms with Crippen LogP contribution in [0.4, 0.5) is 13.2 Å². The van der Waals surface area contributed by atoms with E-state index >= 15 is 0 Å². The van der Waals surface area contributed by atoms with E-state index in [4.69, 9.17) is 9.47 Å². The summed E-state index contributed by atoms with van der Waals surface area (Å²) in [6.07, 6.45) is 1.45. The van der Waals surface area contributed by atoms with Crippen LogP contribution in [0.2, 0.25) is 0 Å². The summed E-state index contributed by atoms with van der Waals surface area (Å²) in [5, 5.41) is 0.684. The molecule has 5 aromatic rings. The quantitative estimate of drug-likeness (QED) is 0.235. The fraction of sp³-hybridized carbons (Fsp3) is 0.242. The number of ether oxygens (including phenoxy) is 2. The van der Waals surface area contributed by atoms with Gasteiger partial charge in [-0.15, -0.1) is 0 Å². The summed E-state index contributed by atoms with van der Waals surface area (Å²) < 4.78 is 52.5. The molecule has 7 nitrogen and oxygen atoms in total. The lowest BCUT2D eigenvalue weighted by atomic mass is 9.76. The molecule has 43 heavy (non-hydrogen) atoms. The summed E-state index contributed by atoms with van der Waals surface area (Å²) in [5.74, 6) is 2.83. The lowest BCUT2D eigenvalue weighted by Gasteiger charge is -2.31. The number of alkyl halides is 3. The topological polar surface area (TPSA) is 92.9 Å². The molecule has 0 radical (unpaired) electrons. The van der Waals surface area contributed by atoms with Crippen LogP contribution in [0.5, 0.6) is 5.75 Å². The third kappa shape index (κ3) is 4.07. The van der Waals surface area contributed by atoms with E-state index in [9.17, 15) is 18.0 Å². The average Bonchev–Trinajstić information content (AvgIpc) is 3.40. The molecule has 3 aromatic heterocycles. The third-order valence-electron chi connectivity index (χ3n) is 8.94. The number of allylic oxidation sites excluding steroid dienone is 4. The highest BCUT2D eigenvalue weighted by Crippen LogP contribution is 2.69. The zero-order valence-electron chi connectivity index (χ0n) is 23.1. The van der Waals surface area contributed by atoms with E-state index in [0.717, 1.165) is 34.8 Å². The molecule has 10 heteroatoms. The van der Waals surface area contributed by atoms with Gasteiger partial charge >= 0.3 is 6.18 Å². The zero-order valence-corrected chi connectivity index (χ0v) is 23.1. The van der Waals surface area contributed by atoms with E-state index in [-0.39, 0.29) is 28.9 Å². The van der Waals surface area contributed by atoms with Gasteiger partial charge in [0.15, 0.2) is 0 Å². The molecule has 2 aromatic carbocycles. The number of hydrogen-bond acceptors (Lipinski definition) is 5. The Hall–Kier alpha value is -4.86. The van der Waals surface area contributed by atoms with E-state index in [0.29, 0.717) is 45.6 Å². The highest BCUT2D eigenvalue weighted by molar-refractivity contribution is 5.86. The van der Waals surface area contributed by atoms with Crippen LogP contribution in [0, 0.1) is 18.3 Å². The van der Waals surface area contributed by atoms with Crippen LogP contribution < -0.4 is 10.3 Å². The van der Waals surface area contributed by atoms with Gasteiger partial charge in [0.2, 0.25) is 0 Å². The molecule has 4 atom stereocenters. The SMILES string of the molecule is Cc1ccc(-c2cc3c(OC4=CC=C5O[C@@H]6[C@@H](c7nc8ccc(C(F)(F)F)cc8[nH]7)[C@@H]6C5(C)C4)ccnc3[nH]c2=O)cc1. The Labute approximate surface area is 243 Å². The largest absolute Gasteiger partial charge is 0.493 e. The number of halogens is 3. The second-order valence-electron chi connectivity index (χ2n) is 11.8. The van der Waals surface area contributed by atoms with Crippen molar-refractivity contribution in [3.63, 3.8) is 0 Å². The first-order valence-corrected chi connectivity index (χ1v) is 14.0. The molecule has 8 rings (SSSR count). The molecule has 4 heterocycles. The summed E-state index contributed by atoms with van der Waals surface area (Å²) in [6, 6.07) is 14.9. The van der Waals surface area contributed by atoms with Gasteiger partial charge in [0.1, 0.15) is 34.8 Å². The molecule has 0 spiro atoms. The third-order valence-corrected chi connectivity index (χ3v) is 8.94. The van der Waals surface area contributed by atoms with Gasteiger partial charge in [-0.05, 0) is 55.0 Å². The summed E-state index contributed by atoms with van der Waals surface area (Å²) in [6.45, 7) is 4.12. The van der Waals surface area contributed by atoms with Crippen LogP contribution >= 0.6 is 0 Å². The van der Waals surface area contributed by atoms with Crippen molar-refractivity contribution in [2.75, 3.05) is 0 Å². The van der Waals surface area contributed by atoms with Crippen molar-refractivity contribution in [1.29, 1.82) is 0 Å². The van der Waals surface area contributed by atoms with Crippen LogP contribution in [-0.4, -0.2) is 26.0 Å². The monoisotopic (exact) mass is 582 g/mol. The van der Waals surface area contributed by atoms with Gasteiger partial charge in [-0.25, -0.2) is 9.97 Å². The summed E-state index contributed by atoms with van der Waals surface area (Å²) in [5.41, 5.74) is 2.40. The number of rotatable bonds is 4. The molecule has 0 amide bonds. The van der Waals surface area contributed by atoms with E-state index in [1.54, 1.807) is 12.3 Å². The zero-order chi connectivity index (χ0) is 29.7. The summed E-state index contributed by atoms with van der Waals surface area (Å²) in [7, 11) is 0. The number of hydrogen-bond donors (Lipinski definition) is 2. The highest BCUT2D eigenvalue weighted by atomic mass is 19.4. The van der Waals surface area contributed by atoms with Crippen molar-refractivity contribution in [1.82, 2.24) is 19.9 Å². The van der Waals surface area contributed by atoms with Crippen LogP contribution in [-0.2, 0) is 10.9 Å². The Kier molecular flexibility index (Phi) is 5.30. The number of pyridine rings is 2. The lowest BCUT2D eigenvalue weighted by molar-refractivity contribution is -0.137. The number of benzene rings is 2. The summed E-state index contributed by atoms with van der Waals surface area (Å²) >= 11 is 0. The number of imidazole rings is 1. The number of fused-ring (bicyclic) bond motifs is 5. The number of aromatic nitrogens is 4. The minimum atomic E-state index is -4.42. The highest BCUT2D eigenvalue weighted by Gasteiger charge is 2.70. The van der Waals surface area contributed by atoms with Gasteiger partial charge in [-0.3, -0.25) is 4.79 Å². The fourth-order valence-electron chi connectivity index (χ4n) is 6.67. The van der Waals surface area contributed by atoms with E-state index in [1.807, 2.05) is 49.4 Å². The second kappa shape index (κ2) is 8.82. The molecule has 3 aliphatic rings. The number of nitrogens with zero attached hydrogens (tertiary/aromatic N) is 2. The van der Waals surface area contributed by atoms with Crippen LogP contribution in [0.3, 0.4) is 0 Å². The first-order chi connectivity index (χ1) is 20.6. The van der Waals surface area contributed by atoms with Crippen LogP contribution in [0.15, 0.2) is 89.3 Å². The van der Waals surface area contributed by atoms with Gasteiger partial charge < -0.3 is 19.4 Å². The van der Waals surface area contributed by atoms with Gasteiger partial charge in [-0.2, -0.15) is 13.2 Å². The van der Waals surface area contributed by atoms with Gasteiger partial charge in [0.05, 0.1) is 27.9 Å². The molecule has 2 fully saturated rings. The van der Waals surface area contributed by atoms with Gasteiger partial charge in [0, 0.05) is 29.5 Å². The smallest absolute Gasteiger partial charge is 0.416 e. The first-order valence-electron chi connectivity index (χ1n) is 14.0. The number of nitrogens with one attached hydrogen (secondary N) is 2. The van der Waals surface area contributed by atoms with E-state index in [2.05, 4.69) is 26.9 Å². The molecule has 1 aliphatic heterocycles. The lowest BCUT2D eigenvalue weighted by Crippen LogP contribution is -2.25. The molecule has 1 saturated carbocycles. The predicted molar refractivity (Wildman–Crippen MR) is 154 cm³/mol. The molecule has 2 aliphatic carbocycles.